The summed E-state index contributed by atoms with van der Waals surface area (Å²) in [6, 6.07) is 0. The average Bonchev–Trinajstić information content (AvgIpc) is 3.05. The van der Waals surface area contributed by atoms with Gasteiger partial charge in [0.2, 0.25) is 0 Å². The predicted molar refractivity (Wildman–Crippen MR) is 135 cm³/mol. The van der Waals surface area contributed by atoms with E-state index in [9.17, 15) is 14.7 Å². The first kappa shape index (κ1) is 25.7. The van der Waals surface area contributed by atoms with E-state index >= 15 is 0 Å². The largest absolute Gasteiger partial charge is 0.478 e. The SMILES string of the molecule is CC(=CCCC(C=O)C1CCC2(C)C3=C(CCC12C)C1(C)CCC(O)C(C)(C)C1CC3)C(=O)O. The lowest BCUT2D eigenvalue weighted by molar-refractivity contribution is -0.132. The van der Waals surface area contributed by atoms with Gasteiger partial charge in [0.15, 0.2) is 0 Å². The van der Waals surface area contributed by atoms with Gasteiger partial charge in [0, 0.05) is 11.5 Å². The van der Waals surface area contributed by atoms with Gasteiger partial charge in [-0.05, 0) is 105 Å². The molecule has 2 fully saturated rings. The minimum atomic E-state index is -0.877. The Balaban J connectivity index is 1.63. The van der Waals surface area contributed by atoms with Crippen molar-refractivity contribution in [3.05, 3.63) is 22.8 Å². The highest BCUT2D eigenvalue weighted by Gasteiger charge is 2.63. The lowest BCUT2D eigenvalue weighted by Crippen LogP contribution is -2.55. The molecular weight excluding hydrogens is 424 g/mol. The van der Waals surface area contributed by atoms with Gasteiger partial charge in [-0.2, -0.15) is 0 Å². The van der Waals surface area contributed by atoms with Crippen LogP contribution in [-0.2, 0) is 9.59 Å². The second kappa shape index (κ2) is 8.61. The van der Waals surface area contributed by atoms with E-state index in [2.05, 4.69) is 34.6 Å². The molecular formula is C30H46O4. The fourth-order valence-corrected chi connectivity index (χ4v) is 9.35. The van der Waals surface area contributed by atoms with Crippen molar-refractivity contribution < 1.29 is 19.8 Å². The van der Waals surface area contributed by atoms with E-state index in [1.165, 1.54) is 6.29 Å². The van der Waals surface area contributed by atoms with Gasteiger partial charge in [-0.25, -0.2) is 4.79 Å². The van der Waals surface area contributed by atoms with Crippen LogP contribution in [0.4, 0.5) is 0 Å². The van der Waals surface area contributed by atoms with Crippen molar-refractivity contribution in [2.24, 2.45) is 39.4 Å². The lowest BCUT2D eigenvalue weighted by atomic mass is 9.43. The van der Waals surface area contributed by atoms with Crippen molar-refractivity contribution in [2.75, 3.05) is 0 Å². The van der Waals surface area contributed by atoms with Crippen LogP contribution in [-0.4, -0.2) is 28.6 Å². The van der Waals surface area contributed by atoms with E-state index < -0.39 is 5.97 Å². The summed E-state index contributed by atoms with van der Waals surface area (Å²) < 4.78 is 0. The van der Waals surface area contributed by atoms with E-state index in [-0.39, 0.29) is 33.7 Å². The lowest BCUT2D eigenvalue weighted by Gasteiger charge is -2.62. The number of fused-ring (bicyclic) bond motifs is 4. The quantitative estimate of drug-likeness (QED) is 0.257. The maximum absolute atomic E-state index is 12.3. The second-order valence-corrected chi connectivity index (χ2v) is 13.3. The Bertz CT molecular complexity index is 913. The molecule has 0 heterocycles. The molecule has 0 saturated heterocycles. The van der Waals surface area contributed by atoms with E-state index in [1.54, 1.807) is 24.1 Å². The number of aliphatic carboxylic acids is 1. The number of carbonyl (C=O) groups excluding carboxylic acids is 1. The van der Waals surface area contributed by atoms with Crippen LogP contribution in [0.25, 0.3) is 0 Å². The molecule has 7 unspecified atom stereocenters. The van der Waals surface area contributed by atoms with E-state index in [0.717, 1.165) is 57.8 Å². The highest BCUT2D eigenvalue weighted by molar-refractivity contribution is 5.85. The molecule has 0 bridgehead atoms. The van der Waals surface area contributed by atoms with Crippen LogP contribution in [0.5, 0.6) is 0 Å². The van der Waals surface area contributed by atoms with Crippen LogP contribution in [0.15, 0.2) is 22.8 Å². The number of hydrogen-bond acceptors (Lipinski definition) is 3. The Labute approximate surface area is 206 Å². The molecule has 0 amide bonds. The molecule has 4 aliphatic carbocycles. The zero-order chi connectivity index (χ0) is 25.1. The summed E-state index contributed by atoms with van der Waals surface area (Å²) >= 11 is 0. The predicted octanol–water partition coefficient (Wildman–Crippen LogP) is 6.72. The van der Waals surface area contributed by atoms with Crippen molar-refractivity contribution in [1.29, 1.82) is 0 Å². The fraction of sp³-hybridized carbons (Fsp3) is 0.800. The van der Waals surface area contributed by atoms with Crippen LogP contribution < -0.4 is 0 Å². The molecule has 190 valence electrons. The van der Waals surface area contributed by atoms with Gasteiger partial charge in [-0.3, -0.25) is 0 Å². The summed E-state index contributed by atoms with van der Waals surface area (Å²) in [7, 11) is 0. The first-order valence-corrected chi connectivity index (χ1v) is 13.6. The molecule has 2 N–H and O–H groups in total. The van der Waals surface area contributed by atoms with Gasteiger partial charge in [0.1, 0.15) is 6.29 Å². The molecule has 0 radical (unpaired) electrons. The number of aliphatic hydroxyl groups excluding tert-OH is 1. The number of aliphatic hydroxyl groups is 1. The molecule has 0 aliphatic heterocycles. The summed E-state index contributed by atoms with van der Waals surface area (Å²) in [5, 5.41) is 19.9. The van der Waals surface area contributed by atoms with E-state index in [4.69, 9.17) is 5.11 Å². The van der Waals surface area contributed by atoms with Gasteiger partial charge in [0.25, 0.3) is 0 Å². The third-order valence-corrected chi connectivity index (χ3v) is 11.8. The first-order chi connectivity index (χ1) is 15.8. The molecule has 0 aromatic heterocycles. The first-order valence-electron chi connectivity index (χ1n) is 13.6. The molecule has 2 saturated carbocycles. The number of carboxylic acid groups (broad SMARTS) is 1. The maximum atomic E-state index is 12.3. The van der Waals surface area contributed by atoms with Gasteiger partial charge < -0.3 is 15.0 Å². The van der Waals surface area contributed by atoms with Crippen LogP contribution in [0.1, 0.15) is 106 Å². The third kappa shape index (κ3) is 3.57. The summed E-state index contributed by atoms with van der Waals surface area (Å²) in [6.45, 7) is 13.6. The van der Waals surface area contributed by atoms with Crippen molar-refractivity contribution in [1.82, 2.24) is 0 Å². The monoisotopic (exact) mass is 470 g/mol. The van der Waals surface area contributed by atoms with Crippen LogP contribution in [0.3, 0.4) is 0 Å². The van der Waals surface area contributed by atoms with Crippen molar-refractivity contribution in [3.63, 3.8) is 0 Å². The molecule has 0 spiro atoms. The van der Waals surface area contributed by atoms with Crippen LogP contribution in [0.2, 0.25) is 0 Å². The average molecular weight is 471 g/mol. The Morgan fingerprint density at radius 1 is 1.03 bits per heavy atom. The van der Waals surface area contributed by atoms with Crippen LogP contribution in [0, 0.1) is 39.4 Å². The van der Waals surface area contributed by atoms with Crippen molar-refractivity contribution >= 4 is 12.3 Å². The minimum Gasteiger partial charge on any atom is -0.478 e. The Hall–Kier alpha value is -1.42. The van der Waals surface area contributed by atoms with E-state index in [1.807, 2.05) is 0 Å². The smallest absolute Gasteiger partial charge is 0.330 e. The number of allylic oxidation sites excluding steroid dienone is 3. The number of carbonyl (C=O) groups is 2. The van der Waals surface area contributed by atoms with Gasteiger partial charge in [-0.15, -0.1) is 0 Å². The Kier molecular flexibility index (Phi) is 6.50. The molecule has 7 atom stereocenters. The Morgan fingerprint density at radius 3 is 2.38 bits per heavy atom. The molecule has 34 heavy (non-hydrogen) atoms. The summed E-state index contributed by atoms with van der Waals surface area (Å²) in [5.41, 5.74) is 4.14. The molecule has 4 heteroatoms. The second-order valence-electron chi connectivity index (χ2n) is 13.3. The Morgan fingerprint density at radius 2 is 1.74 bits per heavy atom. The summed E-state index contributed by atoms with van der Waals surface area (Å²) in [4.78, 5) is 23.4. The molecule has 0 aromatic carbocycles. The highest BCUT2D eigenvalue weighted by Crippen LogP contribution is 2.72. The number of hydrogen-bond donors (Lipinski definition) is 2. The van der Waals surface area contributed by atoms with Crippen molar-refractivity contribution in [2.45, 2.75) is 112 Å². The highest BCUT2D eigenvalue weighted by atomic mass is 16.4. The van der Waals surface area contributed by atoms with Crippen molar-refractivity contribution in [3.8, 4) is 0 Å². The van der Waals surface area contributed by atoms with E-state index in [0.29, 0.717) is 23.8 Å². The summed E-state index contributed by atoms with van der Waals surface area (Å²) in [5.74, 6) is -0.00260. The van der Waals surface area contributed by atoms with Crippen LogP contribution >= 0.6 is 0 Å². The minimum absolute atomic E-state index is 0.0116. The zero-order valence-electron chi connectivity index (χ0n) is 22.2. The number of aldehydes is 1. The standard InChI is InChI=1S/C30H46O4/c1-19(26(33)34)8-7-9-20(18-31)21-12-16-30(6)23-10-11-24-27(2,3)25(32)14-15-28(24,4)22(23)13-17-29(21,30)5/h8,18,20-21,24-25,32H,7,9-17H2,1-6H3,(H,33,34). The topological polar surface area (TPSA) is 74.6 Å². The number of rotatable bonds is 6. The summed E-state index contributed by atoms with van der Waals surface area (Å²) in [6.07, 6.45) is 12.9. The normalized spacial score (nSPS) is 42.4. The molecule has 4 rings (SSSR count). The molecule has 4 aliphatic rings. The molecule has 0 aromatic rings. The van der Waals surface area contributed by atoms with Gasteiger partial charge >= 0.3 is 5.97 Å². The van der Waals surface area contributed by atoms with Gasteiger partial charge in [0.05, 0.1) is 6.10 Å². The zero-order valence-corrected chi connectivity index (χ0v) is 22.2. The molecule has 4 nitrogen and oxygen atoms in total. The fourth-order valence-electron chi connectivity index (χ4n) is 9.35. The number of carboxylic acids is 1. The van der Waals surface area contributed by atoms with Gasteiger partial charge in [-0.1, -0.05) is 51.8 Å². The maximum Gasteiger partial charge on any atom is 0.330 e. The third-order valence-electron chi connectivity index (χ3n) is 11.8.